The molecular formula is C14H16N4O3. The summed E-state index contributed by atoms with van der Waals surface area (Å²) in [7, 11) is 0. The Morgan fingerprint density at radius 3 is 2.48 bits per heavy atom. The highest BCUT2D eigenvalue weighted by molar-refractivity contribution is 6.03. The van der Waals surface area contributed by atoms with Crippen LogP contribution in [0.2, 0.25) is 0 Å². The Kier molecular flexibility index (Phi) is 4.02. The molecule has 0 fully saturated rings. The number of nitrogens with one attached hydrogen (secondary N) is 1. The van der Waals surface area contributed by atoms with Gasteiger partial charge in [0.05, 0.1) is 10.6 Å². The van der Waals surface area contributed by atoms with Gasteiger partial charge in [0.15, 0.2) is 0 Å². The average Bonchev–Trinajstić information content (AvgIpc) is 2.80. The van der Waals surface area contributed by atoms with E-state index in [1.165, 1.54) is 24.3 Å². The summed E-state index contributed by atoms with van der Waals surface area (Å²) < 4.78 is 1.72. The van der Waals surface area contributed by atoms with Gasteiger partial charge < -0.3 is 5.32 Å². The van der Waals surface area contributed by atoms with Gasteiger partial charge >= 0.3 is 0 Å². The van der Waals surface area contributed by atoms with Crippen LogP contribution in [0.4, 0.5) is 11.5 Å². The van der Waals surface area contributed by atoms with Crippen molar-refractivity contribution in [2.75, 3.05) is 5.32 Å². The van der Waals surface area contributed by atoms with Crippen LogP contribution < -0.4 is 5.32 Å². The van der Waals surface area contributed by atoms with Crippen molar-refractivity contribution in [3.8, 4) is 0 Å². The molecule has 1 amide bonds. The zero-order valence-electron chi connectivity index (χ0n) is 12.0. The Hall–Kier alpha value is -2.70. The van der Waals surface area contributed by atoms with Crippen LogP contribution in [-0.2, 0) is 0 Å². The van der Waals surface area contributed by atoms with Crippen LogP contribution in [0.5, 0.6) is 0 Å². The van der Waals surface area contributed by atoms with Gasteiger partial charge in [0.25, 0.3) is 11.6 Å². The predicted molar refractivity (Wildman–Crippen MR) is 78.4 cm³/mol. The fraction of sp³-hybridized carbons (Fsp3) is 0.286. The van der Waals surface area contributed by atoms with Gasteiger partial charge in [-0.15, -0.1) is 0 Å². The van der Waals surface area contributed by atoms with Crippen molar-refractivity contribution in [2.45, 2.75) is 26.8 Å². The number of non-ortho nitro benzene ring substituents is 1. The summed E-state index contributed by atoms with van der Waals surface area (Å²) in [6, 6.07) is 7.36. The molecule has 1 aromatic carbocycles. The van der Waals surface area contributed by atoms with E-state index in [1.54, 1.807) is 10.7 Å². The standard InChI is InChI=1S/C14H16N4O3/c1-9(2)17-13(8-10(3)16-17)15-14(19)11-4-6-12(7-5-11)18(20)21/h4-9H,1-3H3,(H,15,19). The van der Waals surface area contributed by atoms with Gasteiger partial charge in [-0.05, 0) is 32.9 Å². The Bertz CT molecular complexity index is 674. The second-order valence-corrected chi connectivity index (χ2v) is 4.97. The molecule has 1 heterocycles. The third-order valence-electron chi connectivity index (χ3n) is 2.93. The molecule has 7 heteroatoms. The molecule has 1 N–H and O–H groups in total. The Labute approximate surface area is 121 Å². The summed E-state index contributed by atoms with van der Waals surface area (Å²) in [5.74, 6) is 0.276. The summed E-state index contributed by atoms with van der Waals surface area (Å²) in [5, 5.41) is 17.7. The number of hydrogen-bond acceptors (Lipinski definition) is 4. The molecule has 0 atom stereocenters. The van der Waals surface area contributed by atoms with E-state index >= 15 is 0 Å². The second-order valence-electron chi connectivity index (χ2n) is 4.97. The van der Waals surface area contributed by atoms with Crippen LogP contribution in [0.15, 0.2) is 30.3 Å². The highest BCUT2D eigenvalue weighted by Crippen LogP contribution is 2.18. The molecule has 2 aromatic rings. The molecule has 2 rings (SSSR count). The third-order valence-corrected chi connectivity index (χ3v) is 2.93. The topological polar surface area (TPSA) is 90.1 Å². The van der Waals surface area contributed by atoms with E-state index in [0.717, 1.165) is 5.69 Å². The largest absolute Gasteiger partial charge is 0.307 e. The van der Waals surface area contributed by atoms with Crippen LogP contribution in [-0.4, -0.2) is 20.6 Å². The summed E-state index contributed by atoms with van der Waals surface area (Å²) in [4.78, 5) is 22.2. The van der Waals surface area contributed by atoms with E-state index in [0.29, 0.717) is 11.4 Å². The van der Waals surface area contributed by atoms with Gasteiger partial charge in [0.2, 0.25) is 0 Å². The van der Waals surface area contributed by atoms with E-state index in [4.69, 9.17) is 0 Å². The van der Waals surface area contributed by atoms with E-state index < -0.39 is 4.92 Å². The molecule has 21 heavy (non-hydrogen) atoms. The number of hydrogen-bond donors (Lipinski definition) is 1. The number of nitro groups is 1. The van der Waals surface area contributed by atoms with Gasteiger partial charge in [0.1, 0.15) is 5.82 Å². The molecule has 0 saturated heterocycles. The lowest BCUT2D eigenvalue weighted by atomic mass is 10.2. The molecular weight excluding hydrogens is 272 g/mol. The van der Waals surface area contributed by atoms with E-state index in [2.05, 4.69) is 10.4 Å². The zero-order valence-corrected chi connectivity index (χ0v) is 12.0. The molecule has 7 nitrogen and oxygen atoms in total. The van der Waals surface area contributed by atoms with Crippen LogP contribution in [0.25, 0.3) is 0 Å². The van der Waals surface area contributed by atoms with Crippen LogP contribution >= 0.6 is 0 Å². The SMILES string of the molecule is Cc1cc(NC(=O)c2ccc([N+](=O)[O-])cc2)n(C(C)C)n1. The van der Waals surface area contributed by atoms with Crippen molar-refractivity contribution in [3.05, 3.63) is 51.7 Å². The van der Waals surface area contributed by atoms with Gasteiger partial charge in [-0.1, -0.05) is 0 Å². The van der Waals surface area contributed by atoms with E-state index in [1.807, 2.05) is 20.8 Å². The van der Waals surface area contributed by atoms with E-state index in [9.17, 15) is 14.9 Å². The van der Waals surface area contributed by atoms with Crippen LogP contribution in [0.3, 0.4) is 0 Å². The average molecular weight is 288 g/mol. The number of nitro benzene ring substituents is 1. The quantitative estimate of drug-likeness (QED) is 0.691. The first-order valence-electron chi connectivity index (χ1n) is 6.50. The monoisotopic (exact) mass is 288 g/mol. The minimum atomic E-state index is -0.501. The van der Waals surface area contributed by atoms with Gasteiger partial charge in [-0.25, -0.2) is 4.68 Å². The maximum atomic E-state index is 12.2. The van der Waals surface area contributed by atoms with Crippen molar-refractivity contribution in [1.82, 2.24) is 9.78 Å². The Morgan fingerprint density at radius 1 is 1.33 bits per heavy atom. The minimum Gasteiger partial charge on any atom is -0.307 e. The number of carbonyl (C=O) groups excluding carboxylic acids is 1. The maximum absolute atomic E-state index is 12.2. The predicted octanol–water partition coefficient (Wildman–Crippen LogP) is 2.93. The Balaban J connectivity index is 2.20. The number of rotatable bonds is 4. The minimum absolute atomic E-state index is 0.0467. The van der Waals surface area contributed by atoms with Gasteiger partial charge in [0, 0.05) is 29.8 Å². The first-order valence-corrected chi connectivity index (χ1v) is 6.50. The summed E-state index contributed by atoms with van der Waals surface area (Å²) in [5.41, 5.74) is 1.12. The van der Waals surface area contributed by atoms with Crippen LogP contribution in [0, 0.1) is 17.0 Å². The molecule has 0 radical (unpaired) electrons. The summed E-state index contributed by atoms with van der Waals surface area (Å²) in [6.07, 6.45) is 0. The van der Waals surface area contributed by atoms with Crippen LogP contribution in [0.1, 0.15) is 35.9 Å². The molecule has 0 spiro atoms. The summed E-state index contributed by atoms with van der Waals surface area (Å²) >= 11 is 0. The number of amides is 1. The second kappa shape index (κ2) is 5.74. The normalized spacial score (nSPS) is 10.7. The first-order chi connectivity index (χ1) is 9.88. The first kappa shape index (κ1) is 14.7. The molecule has 0 bridgehead atoms. The van der Waals surface area contributed by atoms with Crippen molar-refractivity contribution in [1.29, 1.82) is 0 Å². The van der Waals surface area contributed by atoms with Gasteiger partial charge in [-0.3, -0.25) is 14.9 Å². The lowest BCUT2D eigenvalue weighted by Crippen LogP contribution is -2.16. The molecule has 0 aliphatic rings. The maximum Gasteiger partial charge on any atom is 0.269 e. The highest BCUT2D eigenvalue weighted by atomic mass is 16.6. The van der Waals surface area contributed by atoms with E-state index in [-0.39, 0.29) is 17.6 Å². The van der Waals surface area contributed by atoms with Gasteiger partial charge in [-0.2, -0.15) is 5.10 Å². The number of nitrogens with zero attached hydrogens (tertiary/aromatic N) is 3. The number of aryl methyl sites for hydroxylation is 1. The number of benzene rings is 1. The number of aromatic nitrogens is 2. The molecule has 0 aliphatic heterocycles. The zero-order chi connectivity index (χ0) is 15.6. The Morgan fingerprint density at radius 2 is 1.95 bits per heavy atom. The highest BCUT2D eigenvalue weighted by Gasteiger charge is 2.14. The number of anilines is 1. The lowest BCUT2D eigenvalue weighted by Gasteiger charge is -2.11. The van der Waals surface area contributed by atoms with Crippen molar-refractivity contribution in [3.63, 3.8) is 0 Å². The van der Waals surface area contributed by atoms with Crippen molar-refractivity contribution < 1.29 is 9.72 Å². The molecule has 0 aliphatic carbocycles. The third kappa shape index (κ3) is 3.25. The van der Waals surface area contributed by atoms with Crippen molar-refractivity contribution >= 4 is 17.4 Å². The lowest BCUT2D eigenvalue weighted by molar-refractivity contribution is -0.384. The number of carbonyl (C=O) groups is 1. The summed E-state index contributed by atoms with van der Waals surface area (Å²) in [6.45, 7) is 5.78. The molecule has 1 aromatic heterocycles. The fourth-order valence-electron chi connectivity index (χ4n) is 1.93. The molecule has 110 valence electrons. The fourth-order valence-corrected chi connectivity index (χ4v) is 1.93. The van der Waals surface area contributed by atoms with Crippen molar-refractivity contribution in [2.24, 2.45) is 0 Å². The smallest absolute Gasteiger partial charge is 0.269 e. The molecule has 0 saturated carbocycles. The molecule has 0 unspecified atom stereocenters.